The van der Waals surface area contributed by atoms with Crippen molar-refractivity contribution in [3.8, 4) is 5.69 Å². The first kappa shape index (κ1) is 21.3. The third-order valence-electron chi connectivity index (χ3n) is 5.18. The molecule has 32 heavy (non-hydrogen) atoms. The number of nitrogens with one attached hydrogen (secondary N) is 1. The number of aliphatic hydroxyl groups excluding tert-OH is 1. The summed E-state index contributed by atoms with van der Waals surface area (Å²) in [5, 5.41) is 12.7. The second kappa shape index (κ2) is 8.32. The molecular formula is C24H19F2N3O3. The monoisotopic (exact) mass is 435 g/mol. The molecule has 2 N–H and O–H groups in total. The van der Waals surface area contributed by atoms with Crippen LogP contribution < -0.4 is 10.9 Å². The number of benzene rings is 2. The summed E-state index contributed by atoms with van der Waals surface area (Å²) in [6.45, 7) is 3.35. The number of hydrogen-bond donors (Lipinski definition) is 2. The fraction of sp³-hybridized carbons (Fsp3) is 0.125. The number of halogens is 2. The SMILES string of the molecule is Cc1cncc(-n2c(C)c(C(=O)N[C@@H](O)c3cccc(F)c3)c3cccc(F)c3c2=O)c1. The Labute approximate surface area is 181 Å². The third-order valence-corrected chi connectivity index (χ3v) is 5.18. The van der Waals surface area contributed by atoms with Gasteiger partial charge in [-0.05, 0) is 43.7 Å². The van der Waals surface area contributed by atoms with Gasteiger partial charge in [-0.2, -0.15) is 0 Å². The van der Waals surface area contributed by atoms with Gasteiger partial charge in [0, 0.05) is 22.8 Å². The molecule has 0 saturated heterocycles. The summed E-state index contributed by atoms with van der Waals surface area (Å²) in [6.07, 6.45) is 1.54. The molecule has 0 spiro atoms. The zero-order valence-electron chi connectivity index (χ0n) is 17.3. The standard InChI is InChI=1S/C24H19F2N3O3/c1-13-9-17(12-27-11-13)29-14(2)20(18-7-4-8-19(26)21(18)24(29)32)23(31)28-22(30)15-5-3-6-16(25)10-15/h3-12,22,30H,1-2H3,(H,28,31)/t22-/m0/s1. The molecule has 0 aliphatic rings. The predicted molar refractivity (Wildman–Crippen MR) is 116 cm³/mol. The Bertz CT molecular complexity index is 1420. The van der Waals surface area contributed by atoms with Gasteiger partial charge in [0.1, 0.15) is 11.6 Å². The lowest BCUT2D eigenvalue weighted by atomic mass is 10.0. The lowest BCUT2D eigenvalue weighted by Crippen LogP contribution is -2.32. The third kappa shape index (κ3) is 3.76. The van der Waals surface area contributed by atoms with Gasteiger partial charge in [0.2, 0.25) is 0 Å². The minimum absolute atomic E-state index is 0.0102. The smallest absolute Gasteiger partial charge is 0.266 e. The number of aliphatic hydroxyl groups is 1. The van der Waals surface area contributed by atoms with Crippen molar-refractivity contribution in [2.24, 2.45) is 0 Å². The van der Waals surface area contributed by atoms with Gasteiger partial charge in [0.05, 0.1) is 22.8 Å². The first-order valence-electron chi connectivity index (χ1n) is 9.78. The first-order chi connectivity index (χ1) is 15.3. The number of nitrogens with zero attached hydrogens (tertiary/aromatic N) is 2. The van der Waals surface area contributed by atoms with Gasteiger partial charge in [-0.15, -0.1) is 0 Å². The van der Waals surface area contributed by atoms with Crippen LogP contribution in [-0.4, -0.2) is 20.6 Å². The van der Waals surface area contributed by atoms with Gasteiger partial charge >= 0.3 is 0 Å². The van der Waals surface area contributed by atoms with Gasteiger partial charge in [-0.3, -0.25) is 19.1 Å². The summed E-state index contributed by atoms with van der Waals surface area (Å²) in [5.41, 5.74) is 0.903. The van der Waals surface area contributed by atoms with Gasteiger partial charge in [-0.1, -0.05) is 24.3 Å². The van der Waals surface area contributed by atoms with Crippen LogP contribution in [0.5, 0.6) is 0 Å². The fourth-order valence-corrected chi connectivity index (χ4v) is 3.74. The molecule has 1 amide bonds. The number of rotatable bonds is 4. The van der Waals surface area contributed by atoms with Gasteiger partial charge in [0.25, 0.3) is 11.5 Å². The molecule has 0 bridgehead atoms. The normalized spacial score (nSPS) is 12.0. The zero-order chi connectivity index (χ0) is 23.0. The van der Waals surface area contributed by atoms with Gasteiger partial charge in [0.15, 0.2) is 6.23 Å². The largest absolute Gasteiger partial charge is 0.369 e. The van der Waals surface area contributed by atoms with E-state index >= 15 is 0 Å². The summed E-state index contributed by atoms with van der Waals surface area (Å²) in [4.78, 5) is 30.5. The lowest BCUT2D eigenvalue weighted by Gasteiger charge is -2.19. The highest BCUT2D eigenvalue weighted by Gasteiger charge is 2.24. The number of amides is 1. The number of carbonyl (C=O) groups excluding carboxylic acids is 1. The average molecular weight is 435 g/mol. The minimum atomic E-state index is -1.51. The Morgan fingerprint density at radius 2 is 1.84 bits per heavy atom. The summed E-state index contributed by atoms with van der Waals surface area (Å²) < 4.78 is 29.4. The van der Waals surface area contributed by atoms with Crippen LogP contribution in [0.15, 0.2) is 65.7 Å². The molecule has 2 heterocycles. The average Bonchev–Trinajstić information content (AvgIpc) is 2.73. The summed E-state index contributed by atoms with van der Waals surface area (Å²) >= 11 is 0. The number of fused-ring (bicyclic) bond motifs is 1. The Kier molecular flexibility index (Phi) is 5.54. The molecule has 0 radical (unpaired) electrons. The Balaban J connectivity index is 1.91. The molecule has 162 valence electrons. The first-order valence-corrected chi connectivity index (χ1v) is 9.78. The van der Waals surface area contributed by atoms with E-state index in [0.717, 1.165) is 17.7 Å². The maximum Gasteiger partial charge on any atom is 0.266 e. The maximum atomic E-state index is 14.7. The molecule has 6 nitrogen and oxygen atoms in total. The van der Waals surface area contributed by atoms with Crippen LogP contribution in [-0.2, 0) is 0 Å². The molecule has 0 aliphatic heterocycles. The topological polar surface area (TPSA) is 84.2 Å². The van der Waals surface area contributed by atoms with Crippen molar-refractivity contribution in [2.75, 3.05) is 0 Å². The summed E-state index contributed by atoms with van der Waals surface area (Å²) in [6, 6.07) is 10.9. The number of pyridine rings is 2. The van der Waals surface area contributed by atoms with E-state index in [0.29, 0.717) is 5.69 Å². The number of hydrogen-bond acceptors (Lipinski definition) is 4. The van der Waals surface area contributed by atoms with E-state index in [1.165, 1.54) is 41.1 Å². The second-order valence-electron chi connectivity index (χ2n) is 7.41. The van der Waals surface area contributed by atoms with Crippen molar-refractivity contribution in [3.05, 3.63) is 105 Å². The van der Waals surface area contributed by atoms with Crippen LogP contribution in [0.25, 0.3) is 16.5 Å². The molecule has 0 saturated carbocycles. The van der Waals surface area contributed by atoms with Gasteiger partial charge < -0.3 is 10.4 Å². The van der Waals surface area contributed by atoms with E-state index in [4.69, 9.17) is 0 Å². The van der Waals surface area contributed by atoms with E-state index in [1.54, 1.807) is 26.1 Å². The van der Waals surface area contributed by atoms with Crippen LogP contribution >= 0.6 is 0 Å². The molecular weight excluding hydrogens is 416 g/mol. The lowest BCUT2D eigenvalue weighted by molar-refractivity contribution is 0.0783. The summed E-state index contributed by atoms with van der Waals surface area (Å²) in [7, 11) is 0. The molecule has 1 atom stereocenters. The van der Waals surface area contributed by atoms with Crippen molar-refractivity contribution < 1.29 is 18.7 Å². The van der Waals surface area contributed by atoms with Crippen molar-refractivity contribution in [1.29, 1.82) is 0 Å². The highest BCUT2D eigenvalue weighted by molar-refractivity contribution is 6.08. The van der Waals surface area contributed by atoms with Crippen molar-refractivity contribution in [3.63, 3.8) is 0 Å². The Morgan fingerprint density at radius 3 is 2.56 bits per heavy atom. The van der Waals surface area contributed by atoms with E-state index in [9.17, 15) is 23.5 Å². The van der Waals surface area contributed by atoms with Crippen molar-refractivity contribution in [1.82, 2.24) is 14.9 Å². The van der Waals surface area contributed by atoms with Crippen molar-refractivity contribution in [2.45, 2.75) is 20.1 Å². The second-order valence-corrected chi connectivity index (χ2v) is 7.41. The highest BCUT2D eigenvalue weighted by atomic mass is 19.1. The molecule has 0 aliphatic carbocycles. The molecule has 4 aromatic rings. The van der Waals surface area contributed by atoms with Crippen LogP contribution in [0.4, 0.5) is 8.78 Å². The number of carbonyl (C=O) groups is 1. The van der Waals surface area contributed by atoms with Crippen LogP contribution in [0.2, 0.25) is 0 Å². The van der Waals surface area contributed by atoms with Crippen LogP contribution in [0.1, 0.15) is 33.4 Å². The van der Waals surface area contributed by atoms with Crippen molar-refractivity contribution >= 4 is 16.7 Å². The van der Waals surface area contributed by atoms with E-state index < -0.39 is 29.3 Å². The van der Waals surface area contributed by atoms with E-state index in [1.807, 2.05) is 0 Å². The quantitative estimate of drug-likeness (QED) is 0.479. The molecule has 8 heteroatoms. The maximum absolute atomic E-state index is 14.7. The molecule has 0 fully saturated rings. The molecule has 2 aromatic heterocycles. The number of aromatic nitrogens is 2. The molecule has 2 aromatic carbocycles. The fourth-order valence-electron chi connectivity index (χ4n) is 3.74. The molecule has 0 unspecified atom stereocenters. The van der Waals surface area contributed by atoms with Crippen LogP contribution in [0, 0.1) is 25.5 Å². The highest BCUT2D eigenvalue weighted by Crippen LogP contribution is 2.25. The Hall–Kier alpha value is -3.91. The summed E-state index contributed by atoms with van der Waals surface area (Å²) in [5.74, 6) is -2.09. The van der Waals surface area contributed by atoms with Crippen LogP contribution in [0.3, 0.4) is 0 Å². The minimum Gasteiger partial charge on any atom is -0.369 e. The Morgan fingerprint density at radius 1 is 1.09 bits per heavy atom. The van der Waals surface area contributed by atoms with Gasteiger partial charge in [-0.25, -0.2) is 8.78 Å². The molecule has 4 rings (SSSR count). The number of aryl methyl sites for hydroxylation is 1. The van der Waals surface area contributed by atoms with E-state index in [2.05, 4.69) is 10.3 Å². The predicted octanol–water partition coefficient (Wildman–Crippen LogP) is 3.70. The van der Waals surface area contributed by atoms with E-state index in [-0.39, 0.29) is 27.6 Å². The zero-order valence-corrected chi connectivity index (χ0v) is 17.3.